The number of rotatable bonds is 6. The molecular weight excluding hydrogens is 373 g/mol. The van der Waals surface area contributed by atoms with Gasteiger partial charge in [0.15, 0.2) is 0 Å². The molecule has 0 unspecified atom stereocenters. The molecule has 0 aliphatic carbocycles. The van der Waals surface area contributed by atoms with Crippen LogP contribution in [0, 0.1) is 5.92 Å². The lowest BCUT2D eigenvalue weighted by atomic mass is 9.93. The SMILES string of the molecule is O=C(CN1CCC(CCN2CCOCC2)CC1)Nc1c(Cl)cccc1Cl. The van der Waals surface area contributed by atoms with E-state index in [-0.39, 0.29) is 5.91 Å². The van der Waals surface area contributed by atoms with Crippen LogP contribution in [0.15, 0.2) is 18.2 Å². The lowest BCUT2D eigenvalue weighted by molar-refractivity contribution is -0.117. The molecule has 2 aliphatic rings. The van der Waals surface area contributed by atoms with Crippen molar-refractivity contribution >= 4 is 34.8 Å². The average Bonchev–Trinajstić information content (AvgIpc) is 2.65. The van der Waals surface area contributed by atoms with Crippen LogP contribution < -0.4 is 5.32 Å². The van der Waals surface area contributed by atoms with Crippen molar-refractivity contribution in [2.24, 2.45) is 5.92 Å². The lowest BCUT2D eigenvalue weighted by Crippen LogP contribution is -2.41. The summed E-state index contributed by atoms with van der Waals surface area (Å²) in [6.45, 7) is 7.34. The highest BCUT2D eigenvalue weighted by Crippen LogP contribution is 2.29. The minimum atomic E-state index is -0.0632. The molecule has 0 saturated carbocycles. The van der Waals surface area contributed by atoms with Crippen LogP contribution in [-0.2, 0) is 9.53 Å². The highest BCUT2D eigenvalue weighted by Gasteiger charge is 2.22. The Labute approximate surface area is 165 Å². The van der Waals surface area contributed by atoms with Crippen LogP contribution in [0.4, 0.5) is 5.69 Å². The van der Waals surface area contributed by atoms with E-state index < -0.39 is 0 Å². The summed E-state index contributed by atoms with van der Waals surface area (Å²) in [5.41, 5.74) is 0.501. The van der Waals surface area contributed by atoms with E-state index in [0.29, 0.717) is 22.3 Å². The summed E-state index contributed by atoms with van der Waals surface area (Å²) in [5.74, 6) is 0.696. The fourth-order valence-corrected chi connectivity index (χ4v) is 4.11. The third-order valence-electron chi connectivity index (χ3n) is 5.26. The van der Waals surface area contributed by atoms with Crippen molar-refractivity contribution in [1.29, 1.82) is 0 Å². The number of carbonyl (C=O) groups is 1. The molecule has 7 heteroatoms. The first-order valence-corrected chi connectivity index (χ1v) is 10.1. The van der Waals surface area contributed by atoms with Crippen LogP contribution in [-0.4, -0.2) is 68.2 Å². The van der Waals surface area contributed by atoms with Gasteiger partial charge in [-0.15, -0.1) is 0 Å². The van der Waals surface area contributed by atoms with E-state index in [2.05, 4.69) is 15.1 Å². The summed E-state index contributed by atoms with van der Waals surface area (Å²) in [7, 11) is 0. The molecule has 1 aromatic carbocycles. The molecule has 1 aromatic rings. The quantitative estimate of drug-likeness (QED) is 0.796. The Kier molecular flexibility index (Phi) is 7.58. The van der Waals surface area contributed by atoms with Crippen molar-refractivity contribution in [3.8, 4) is 0 Å². The zero-order chi connectivity index (χ0) is 18.4. The zero-order valence-electron chi connectivity index (χ0n) is 15.1. The summed E-state index contributed by atoms with van der Waals surface area (Å²) in [5, 5.41) is 3.77. The number of carbonyl (C=O) groups excluding carboxylic acids is 1. The number of hydrogen-bond acceptors (Lipinski definition) is 4. The second kappa shape index (κ2) is 9.90. The maximum atomic E-state index is 12.3. The molecule has 2 fully saturated rings. The standard InChI is InChI=1S/C19H27Cl2N3O2/c20-16-2-1-3-17(21)19(16)22-18(25)14-24-8-5-15(6-9-24)4-7-23-10-12-26-13-11-23/h1-3,15H,4-14H2,(H,22,25). The highest BCUT2D eigenvalue weighted by molar-refractivity contribution is 6.39. The molecule has 5 nitrogen and oxygen atoms in total. The molecule has 0 aromatic heterocycles. The molecule has 0 spiro atoms. The van der Waals surface area contributed by atoms with Gasteiger partial charge in [0.25, 0.3) is 0 Å². The third-order valence-corrected chi connectivity index (χ3v) is 5.89. The minimum absolute atomic E-state index is 0.0632. The number of para-hydroxylation sites is 1. The molecule has 2 saturated heterocycles. The largest absolute Gasteiger partial charge is 0.379 e. The number of amides is 1. The van der Waals surface area contributed by atoms with E-state index in [4.69, 9.17) is 27.9 Å². The second-order valence-corrected chi connectivity index (χ2v) is 7.92. The summed E-state index contributed by atoms with van der Waals surface area (Å²) >= 11 is 12.2. The van der Waals surface area contributed by atoms with Gasteiger partial charge in [0.2, 0.25) is 5.91 Å². The Morgan fingerprint density at radius 3 is 2.38 bits per heavy atom. The van der Waals surface area contributed by atoms with Crippen molar-refractivity contribution in [2.45, 2.75) is 19.3 Å². The minimum Gasteiger partial charge on any atom is -0.379 e. The van der Waals surface area contributed by atoms with Crippen molar-refractivity contribution < 1.29 is 9.53 Å². The van der Waals surface area contributed by atoms with E-state index in [0.717, 1.165) is 58.2 Å². The number of piperidine rings is 1. The smallest absolute Gasteiger partial charge is 0.238 e. The van der Waals surface area contributed by atoms with Crippen molar-refractivity contribution in [1.82, 2.24) is 9.80 Å². The number of hydrogen-bond donors (Lipinski definition) is 1. The van der Waals surface area contributed by atoms with Crippen LogP contribution in [0.5, 0.6) is 0 Å². The Bertz CT molecular complexity index is 580. The Hall–Kier alpha value is -0.850. The summed E-state index contributed by atoms with van der Waals surface area (Å²) < 4.78 is 5.40. The second-order valence-electron chi connectivity index (χ2n) is 7.11. The molecule has 1 amide bonds. The number of benzene rings is 1. The molecule has 144 valence electrons. The number of morpholine rings is 1. The zero-order valence-corrected chi connectivity index (χ0v) is 16.6. The summed E-state index contributed by atoms with van der Waals surface area (Å²) in [6.07, 6.45) is 3.56. The molecular formula is C19H27Cl2N3O2. The van der Waals surface area contributed by atoms with Crippen LogP contribution in [0.3, 0.4) is 0 Å². The Morgan fingerprint density at radius 2 is 1.73 bits per heavy atom. The van der Waals surface area contributed by atoms with Crippen LogP contribution in [0.2, 0.25) is 10.0 Å². The fraction of sp³-hybridized carbons (Fsp3) is 0.632. The number of nitrogens with zero attached hydrogens (tertiary/aromatic N) is 2. The van der Waals surface area contributed by atoms with Gasteiger partial charge in [-0.25, -0.2) is 0 Å². The van der Waals surface area contributed by atoms with Gasteiger partial charge in [0, 0.05) is 13.1 Å². The molecule has 0 bridgehead atoms. The average molecular weight is 400 g/mol. The Balaban J connectivity index is 1.37. The maximum absolute atomic E-state index is 12.3. The van der Waals surface area contributed by atoms with Gasteiger partial charge in [-0.1, -0.05) is 29.3 Å². The normalized spacial score (nSPS) is 20.2. The number of anilines is 1. The number of ether oxygens (including phenoxy) is 1. The molecule has 2 aliphatic heterocycles. The number of likely N-dealkylation sites (tertiary alicyclic amines) is 1. The lowest BCUT2D eigenvalue weighted by Gasteiger charge is -2.33. The van der Waals surface area contributed by atoms with Crippen LogP contribution in [0.25, 0.3) is 0 Å². The monoisotopic (exact) mass is 399 g/mol. The first-order chi connectivity index (χ1) is 12.6. The molecule has 2 heterocycles. The number of halogens is 2. The first-order valence-electron chi connectivity index (χ1n) is 9.38. The fourth-order valence-electron chi connectivity index (χ4n) is 3.62. The molecule has 3 rings (SSSR count). The van der Waals surface area contributed by atoms with Gasteiger partial charge in [-0.3, -0.25) is 14.6 Å². The van der Waals surface area contributed by atoms with E-state index in [1.54, 1.807) is 18.2 Å². The summed E-state index contributed by atoms with van der Waals surface area (Å²) in [4.78, 5) is 17.0. The maximum Gasteiger partial charge on any atom is 0.238 e. The van der Waals surface area contributed by atoms with E-state index >= 15 is 0 Å². The number of nitrogens with one attached hydrogen (secondary N) is 1. The third kappa shape index (κ3) is 5.83. The Morgan fingerprint density at radius 1 is 1.08 bits per heavy atom. The van der Waals surface area contributed by atoms with Crippen molar-refractivity contribution in [2.75, 3.05) is 57.8 Å². The van der Waals surface area contributed by atoms with Crippen LogP contribution >= 0.6 is 23.2 Å². The highest BCUT2D eigenvalue weighted by atomic mass is 35.5. The first kappa shape index (κ1) is 19.9. The van der Waals surface area contributed by atoms with Gasteiger partial charge >= 0.3 is 0 Å². The van der Waals surface area contributed by atoms with E-state index in [1.165, 1.54) is 13.0 Å². The van der Waals surface area contributed by atoms with Gasteiger partial charge < -0.3 is 10.1 Å². The molecule has 0 radical (unpaired) electrons. The summed E-state index contributed by atoms with van der Waals surface area (Å²) in [6, 6.07) is 5.22. The predicted octanol–water partition coefficient (Wildman–Crippen LogP) is 3.37. The molecule has 1 N–H and O–H groups in total. The topological polar surface area (TPSA) is 44.8 Å². The van der Waals surface area contributed by atoms with Gasteiger partial charge in [0.1, 0.15) is 0 Å². The predicted molar refractivity (Wildman–Crippen MR) is 106 cm³/mol. The van der Waals surface area contributed by atoms with Gasteiger partial charge in [0.05, 0.1) is 35.5 Å². The van der Waals surface area contributed by atoms with Gasteiger partial charge in [-0.2, -0.15) is 0 Å². The molecule has 0 atom stereocenters. The molecule has 26 heavy (non-hydrogen) atoms. The van der Waals surface area contributed by atoms with E-state index in [9.17, 15) is 4.79 Å². The van der Waals surface area contributed by atoms with Gasteiger partial charge in [-0.05, 0) is 56.9 Å². The van der Waals surface area contributed by atoms with Crippen LogP contribution in [0.1, 0.15) is 19.3 Å². The van der Waals surface area contributed by atoms with E-state index in [1.807, 2.05) is 0 Å². The van der Waals surface area contributed by atoms with Crippen molar-refractivity contribution in [3.63, 3.8) is 0 Å². The van der Waals surface area contributed by atoms with Crippen molar-refractivity contribution in [3.05, 3.63) is 28.2 Å².